The molecule has 1 N–H and O–H groups in total. The van der Waals surface area contributed by atoms with Crippen molar-refractivity contribution < 1.29 is 9.59 Å². The van der Waals surface area contributed by atoms with Crippen LogP contribution in [-0.2, 0) is 4.79 Å². The van der Waals surface area contributed by atoms with Gasteiger partial charge in [-0.3, -0.25) is 9.59 Å². The van der Waals surface area contributed by atoms with Crippen LogP contribution in [0.25, 0.3) is 0 Å². The van der Waals surface area contributed by atoms with Gasteiger partial charge < -0.3 is 10.2 Å². The van der Waals surface area contributed by atoms with Gasteiger partial charge in [0.25, 0.3) is 5.91 Å². The molecule has 23 heavy (non-hydrogen) atoms. The summed E-state index contributed by atoms with van der Waals surface area (Å²) in [5.74, 6) is 1.13. The number of thiophene rings is 1. The Kier molecular flexibility index (Phi) is 6.53. The fraction of sp³-hybridized carbons (Fsp3) is 0.647. The molecule has 128 valence electrons. The van der Waals surface area contributed by atoms with Crippen molar-refractivity contribution >= 4 is 34.9 Å². The summed E-state index contributed by atoms with van der Waals surface area (Å²) in [6.45, 7) is 8.35. The largest absolute Gasteiger partial charge is 0.352 e. The predicted octanol–water partition coefficient (Wildman–Crippen LogP) is 3.59. The Morgan fingerprint density at radius 1 is 1.39 bits per heavy atom. The minimum atomic E-state index is -0.368. The van der Waals surface area contributed by atoms with Gasteiger partial charge in [0.1, 0.15) is 6.04 Å². The fourth-order valence-electron chi connectivity index (χ4n) is 2.59. The maximum atomic E-state index is 12.9. The van der Waals surface area contributed by atoms with Crippen LogP contribution in [0, 0.1) is 5.92 Å². The molecule has 3 atom stereocenters. The molecule has 2 heterocycles. The van der Waals surface area contributed by atoms with Gasteiger partial charge in [0.05, 0.1) is 10.3 Å². The number of rotatable bonds is 6. The number of amides is 2. The zero-order valence-electron chi connectivity index (χ0n) is 14.2. The quantitative estimate of drug-likeness (QED) is 0.849. The molecular weight excluding hydrogens is 328 g/mol. The van der Waals surface area contributed by atoms with Gasteiger partial charge >= 0.3 is 0 Å². The third kappa shape index (κ3) is 4.51. The van der Waals surface area contributed by atoms with E-state index in [-0.39, 0.29) is 29.3 Å². The van der Waals surface area contributed by atoms with Gasteiger partial charge in [0.15, 0.2) is 0 Å². The number of nitrogens with zero attached hydrogens (tertiary/aromatic N) is 1. The summed E-state index contributed by atoms with van der Waals surface area (Å²) in [6, 6.07) is 3.49. The van der Waals surface area contributed by atoms with Gasteiger partial charge in [-0.05, 0) is 37.1 Å². The highest BCUT2D eigenvalue weighted by atomic mass is 32.2. The summed E-state index contributed by atoms with van der Waals surface area (Å²) in [5.41, 5.74) is 0. The summed E-state index contributed by atoms with van der Waals surface area (Å²) in [5, 5.41) is 5.02. The van der Waals surface area contributed by atoms with Crippen molar-refractivity contribution in [3.8, 4) is 0 Å². The fourth-order valence-corrected chi connectivity index (χ4v) is 4.90. The average molecular weight is 355 g/mol. The van der Waals surface area contributed by atoms with Crippen LogP contribution < -0.4 is 5.32 Å². The number of hydrogen-bond donors (Lipinski definition) is 1. The summed E-state index contributed by atoms with van der Waals surface area (Å²) in [7, 11) is 0. The highest BCUT2D eigenvalue weighted by Crippen LogP contribution is 2.35. The van der Waals surface area contributed by atoms with Crippen LogP contribution in [0.5, 0.6) is 0 Å². The van der Waals surface area contributed by atoms with Crippen LogP contribution >= 0.6 is 23.1 Å². The molecule has 2 rings (SSSR count). The average Bonchev–Trinajstić information content (AvgIpc) is 3.15. The summed E-state index contributed by atoms with van der Waals surface area (Å²) in [4.78, 5) is 28.1. The molecule has 1 aliphatic rings. The van der Waals surface area contributed by atoms with E-state index in [0.717, 1.165) is 12.8 Å². The lowest BCUT2D eigenvalue weighted by Gasteiger charge is -2.30. The second-order valence-electron chi connectivity index (χ2n) is 6.44. The highest BCUT2D eigenvalue weighted by molar-refractivity contribution is 8.00. The predicted molar refractivity (Wildman–Crippen MR) is 97.9 cm³/mol. The molecule has 1 aromatic rings. The molecule has 0 aromatic carbocycles. The Morgan fingerprint density at radius 3 is 2.70 bits per heavy atom. The van der Waals surface area contributed by atoms with E-state index < -0.39 is 0 Å². The highest BCUT2D eigenvalue weighted by Gasteiger charge is 2.42. The first-order valence-corrected chi connectivity index (χ1v) is 10.1. The van der Waals surface area contributed by atoms with Crippen molar-refractivity contribution in [1.29, 1.82) is 0 Å². The first-order chi connectivity index (χ1) is 10.9. The smallest absolute Gasteiger partial charge is 0.265 e. The number of carbonyl (C=O) groups excluding carboxylic acids is 2. The second-order valence-corrected chi connectivity index (χ2v) is 8.60. The van der Waals surface area contributed by atoms with Crippen molar-refractivity contribution in [1.82, 2.24) is 10.2 Å². The summed E-state index contributed by atoms with van der Waals surface area (Å²) < 4.78 is 0. The van der Waals surface area contributed by atoms with Crippen LogP contribution in [0.2, 0.25) is 0 Å². The van der Waals surface area contributed by atoms with Crippen LogP contribution in [0.3, 0.4) is 0 Å². The van der Waals surface area contributed by atoms with Gasteiger partial charge in [0, 0.05) is 11.8 Å². The molecule has 1 saturated heterocycles. The maximum Gasteiger partial charge on any atom is 0.265 e. The van der Waals surface area contributed by atoms with Crippen LogP contribution in [0.15, 0.2) is 17.5 Å². The number of hydrogen-bond acceptors (Lipinski definition) is 4. The van der Waals surface area contributed by atoms with Crippen molar-refractivity contribution in [2.45, 2.75) is 58.0 Å². The second kappa shape index (κ2) is 8.20. The van der Waals surface area contributed by atoms with Gasteiger partial charge in [-0.1, -0.05) is 26.8 Å². The van der Waals surface area contributed by atoms with E-state index in [2.05, 4.69) is 19.2 Å². The Bertz CT molecular complexity index is 531. The van der Waals surface area contributed by atoms with Crippen molar-refractivity contribution in [2.75, 3.05) is 5.75 Å². The first kappa shape index (κ1) is 18.3. The molecule has 1 aliphatic heterocycles. The molecule has 2 amide bonds. The topological polar surface area (TPSA) is 49.4 Å². The molecule has 4 nitrogen and oxygen atoms in total. The molecule has 0 spiro atoms. The Hall–Kier alpha value is -1.01. The molecule has 0 saturated carbocycles. The molecule has 0 radical (unpaired) electrons. The minimum absolute atomic E-state index is 0.0139. The lowest BCUT2D eigenvalue weighted by molar-refractivity contribution is -0.125. The molecular formula is C17H26N2O2S2. The summed E-state index contributed by atoms with van der Waals surface area (Å²) in [6.07, 6.45) is 1.80. The first-order valence-electron chi connectivity index (χ1n) is 8.22. The van der Waals surface area contributed by atoms with Gasteiger partial charge in [-0.25, -0.2) is 0 Å². The SMILES string of the molecule is CCC(C)NC(=O)C1CSC(CC(C)C)N1C(=O)c1cccs1. The van der Waals surface area contributed by atoms with E-state index in [1.165, 1.54) is 11.3 Å². The van der Waals surface area contributed by atoms with Crippen LogP contribution in [0.1, 0.15) is 50.2 Å². The van der Waals surface area contributed by atoms with Gasteiger partial charge in [-0.15, -0.1) is 23.1 Å². The number of nitrogens with one attached hydrogen (secondary N) is 1. The Labute approximate surface area is 147 Å². The number of thioether (sulfide) groups is 1. The standard InChI is InChI=1S/C17H26N2O2S2/c1-5-12(4)18-16(20)13-10-23-15(9-11(2)3)19(13)17(21)14-7-6-8-22-14/h6-8,11-13,15H,5,9-10H2,1-4H3,(H,18,20). The monoisotopic (exact) mass is 354 g/mol. The van der Waals surface area contributed by atoms with Crippen molar-refractivity contribution in [2.24, 2.45) is 5.92 Å². The van der Waals surface area contributed by atoms with E-state index in [4.69, 9.17) is 0 Å². The van der Waals surface area contributed by atoms with Crippen LogP contribution in [0.4, 0.5) is 0 Å². The van der Waals surface area contributed by atoms with Crippen LogP contribution in [-0.4, -0.2) is 39.9 Å². The lowest BCUT2D eigenvalue weighted by atomic mass is 10.1. The summed E-state index contributed by atoms with van der Waals surface area (Å²) >= 11 is 3.16. The van der Waals surface area contributed by atoms with E-state index in [1.54, 1.807) is 11.8 Å². The zero-order chi connectivity index (χ0) is 17.0. The van der Waals surface area contributed by atoms with E-state index in [9.17, 15) is 9.59 Å². The van der Waals surface area contributed by atoms with E-state index >= 15 is 0 Å². The maximum absolute atomic E-state index is 12.9. The Morgan fingerprint density at radius 2 is 2.13 bits per heavy atom. The normalized spacial score (nSPS) is 22.4. The lowest BCUT2D eigenvalue weighted by Crippen LogP contribution is -2.51. The van der Waals surface area contributed by atoms with E-state index in [1.807, 2.05) is 36.3 Å². The zero-order valence-corrected chi connectivity index (χ0v) is 15.9. The number of carbonyl (C=O) groups is 2. The minimum Gasteiger partial charge on any atom is -0.352 e. The van der Waals surface area contributed by atoms with Gasteiger partial charge in [0.2, 0.25) is 5.91 Å². The molecule has 0 aliphatic carbocycles. The molecule has 6 heteroatoms. The molecule has 3 unspecified atom stereocenters. The third-order valence-electron chi connectivity index (χ3n) is 4.04. The third-order valence-corrected chi connectivity index (χ3v) is 6.21. The molecule has 1 fully saturated rings. The van der Waals surface area contributed by atoms with Crippen molar-refractivity contribution in [3.63, 3.8) is 0 Å². The Balaban J connectivity index is 2.19. The van der Waals surface area contributed by atoms with Gasteiger partial charge in [-0.2, -0.15) is 0 Å². The van der Waals surface area contributed by atoms with Crippen molar-refractivity contribution in [3.05, 3.63) is 22.4 Å². The molecule has 1 aromatic heterocycles. The van der Waals surface area contributed by atoms with E-state index in [0.29, 0.717) is 16.5 Å². The molecule has 0 bridgehead atoms.